The van der Waals surface area contributed by atoms with Gasteiger partial charge in [-0.2, -0.15) is 5.26 Å². The van der Waals surface area contributed by atoms with E-state index in [0.29, 0.717) is 12.1 Å². The largest absolute Gasteiger partial charge is 0.305 e. The van der Waals surface area contributed by atoms with Crippen molar-refractivity contribution in [2.75, 3.05) is 33.7 Å². The summed E-state index contributed by atoms with van der Waals surface area (Å²) in [6.07, 6.45) is 5.64. The van der Waals surface area contributed by atoms with Gasteiger partial charge < -0.3 is 10.2 Å². The van der Waals surface area contributed by atoms with Crippen LogP contribution in [0.5, 0.6) is 0 Å². The Morgan fingerprint density at radius 3 is 2.79 bits per heavy atom. The standard InChI is InChI=1S/C15H28N4/c1-13-11-18(3)8-5-9-19(13)14-6-4-7-15(10-14,12-16)17-2/h13-14,17H,4-11H2,1-3H3. The van der Waals surface area contributed by atoms with Gasteiger partial charge in [-0.25, -0.2) is 0 Å². The molecule has 3 unspecified atom stereocenters. The molecule has 1 N–H and O–H groups in total. The van der Waals surface area contributed by atoms with Crippen molar-refractivity contribution in [1.82, 2.24) is 15.1 Å². The summed E-state index contributed by atoms with van der Waals surface area (Å²) in [6.45, 7) is 5.86. The molecule has 0 radical (unpaired) electrons. The Labute approximate surface area is 117 Å². The number of nitrogens with zero attached hydrogens (tertiary/aromatic N) is 3. The second kappa shape index (κ2) is 6.21. The number of rotatable bonds is 2. The van der Waals surface area contributed by atoms with E-state index in [-0.39, 0.29) is 5.54 Å². The molecular weight excluding hydrogens is 236 g/mol. The number of likely N-dealkylation sites (N-methyl/N-ethyl adjacent to an activating group) is 1. The normalized spacial score (nSPS) is 38.6. The molecule has 1 aliphatic carbocycles. The minimum absolute atomic E-state index is 0.291. The predicted molar refractivity (Wildman–Crippen MR) is 77.9 cm³/mol. The molecule has 4 nitrogen and oxygen atoms in total. The highest BCUT2D eigenvalue weighted by molar-refractivity contribution is 5.11. The van der Waals surface area contributed by atoms with E-state index in [1.807, 2.05) is 7.05 Å². The van der Waals surface area contributed by atoms with Crippen LogP contribution in [0.15, 0.2) is 0 Å². The summed E-state index contributed by atoms with van der Waals surface area (Å²) in [6, 6.07) is 3.70. The molecule has 0 aromatic carbocycles. The lowest BCUT2D eigenvalue weighted by Gasteiger charge is -2.43. The molecule has 1 heterocycles. The van der Waals surface area contributed by atoms with Crippen LogP contribution < -0.4 is 5.32 Å². The van der Waals surface area contributed by atoms with Crippen molar-refractivity contribution in [3.63, 3.8) is 0 Å². The van der Waals surface area contributed by atoms with E-state index in [1.54, 1.807) is 0 Å². The van der Waals surface area contributed by atoms with Gasteiger partial charge in [0.2, 0.25) is 0 Å². The van der Waals surface area contributed by atoms with E-state index in [0.717, 1.165) is 25.8 Å². The van der Waals surface area contributed by atoms with Gasteiger partial charge in [-0.3, -0.25) is 4.90 Å². The maximum absolute atomic E-state index is 9.48. The molecule has 0 spiro atoms. The lowest BCUT2D eigenvalue weighted by molar-refractivity contribution is 0.0891. The van der Waals surface area contributed by atoms with Crippen LogP contribution in [0.2, 0.25) is 0 Å². The van der Waals surface area contributed by atoms with Gasteiger partial charge in [0.15, 0.2) is 0 Å². The molecule has 0 amide bonds. The second-order valence-corrected chi connectivity index (χ2v) is 6.40. The molecular formula is C15H28N4. The van der Waals surface area contributed by atoms with Crippen LogP contribution in [-0.4, -0.2) is 61.2 Å². The summed E-state index contributed by atoms with van der Waals surface area (Å²) < 4.78 is 0. The number of hydrogen-bond donors (Lipinski definition) is 1. The minimum Gasteiger partial charge on any atom is -0.305 e. The van der Waals surface area contributed by atoms with Crippen LogP contribution in [0.1, 0.15) is 39.0 Å². The molecule has 0 bridgehead atoms. The third-order valence-corrected chi connectivity index (χ3v) is 4.98. The van der Waals surface area contributed by atoms with Crippen LogP contribution in [0, 0.1) is 11.3 Å². The Morgan fingerprint density at radius 2 is 2.11 bits per heavy atom. The maximum atomic E-state index is 9.48. The van der Waals surface area contributed by atoms with Crippen molar-refractivity contribution in [2.45, 2.75) is 56.7 Å². The fraction of sp³-hybridized carbons (Fsp3) is 0.933. The fourth-order valence-electron chi connectivity index (χ4n) is 3.85. The maximum Gasteiger partial charge on any atom is 0.108 e. The third kappa shape index (κ3) is 3.28. The first kappa shape index (κ1) is 14.8. The highest BCUT2D eigenvalue weighted by Crippen LogP contribution is 2.32. The van der Waals surface area contributed by atoms with E-state index in [9.17, 15) is 5.26 Å². The smallest absolute Gasteiger partial charge is 0.108 e. The van der Waals surface area contributed by atoms with Gasteiger partial charge in [-0.1, -0.05) is 0 Å². The fourth-order valence-corrected chi connectivity index (χ4v) is 3.85. The number of nitriles is 1. The number of nitrogens with one attached hydrogen (secondary N) is 1. The summed E-state index contributed by atoms with van der Waals surface area (Å²) in [5.74, 6) is 0. The molecule has 2 fully saturated rings. The highest BCUT2D eigenvalue weighted by atomic mass is 15.2. The van der Waals surface area contributed by atoms with Gasteiger partial charge in [0, 0.05) is 18.6 Å². The van der Waals surface area contributed by atoms with Crippen LogP contribution in [-0.2, 0) is 0 Å². The summed E-state index contributed by atoms with van der Waals surface area (Å²) >= 11 is 0. The highest BCUT2D eigenvalue weighted by Gasteiger charge is 2.38. The zero-order valence-corrected chi connectivity index (χ0v) is 12.7. The van der Waals surface area contributed by atoms with Gasteiger partial charge >= 0.3 is 0 Å². The molecule has 0 aromatic rings. The van der Waals surface area contributed by atoms with Gasteiger partial charge in [0.05, 0.1) is 6.07 Å². The quantitative estimate of drug-likeness (QED) is 0.819. The summed E-state index contributed by atoms with van der Waals surface area (Å²) in [7, 11) is 4.15. The molecule has 1 saturated heterocycles. The lowest BCUT2D eigenvalue weighted by atomic mass is 9.79. The van der Waals surface area contributed by atoms with Gasteiger partial charge in [-0.15, -0.1) is 0 Å². The van der Waals surface area contributed by atoms with Crippen LogP contribution >= 0.6 is 0 Å². The molecule has 1 saturated carbocycles. The van der Waals surface area contributed by atoms with Crippen LogP contribution in [0.3, 0.4) is 0 Å². The van der Waals surface area contributed by atoms with Crippen molar-refractivity contribution in [2.24, 2.45) is 0 Å². The summed E-state index contributed by atoms with van der Waals surface area (Å²) in [5, 5.41) is 12.8. The predicted octanol–water partition coefficient (Wildman–Crippen LogP) is 1.44. The molecule has 2 rings (SSSR count). The van der Waals surface area contributed by atoms with Crippen molar-refractivity contribution < 1.29 is 0 Å². The molecule has 2 aliphatic rings. The topological polar surface area (TPSA) is 42.3 Å². The average Bonchev–Trinajstić information content (AvgIpc) is 2.59. The number of hydrogen-bond acceptors (Lipinski definition) is 4. The second-order valence-electron chi connectivity index (χ2n) is 6.40. The zero-order chi connectivity index (χ0) is 13.9. The molecule has 1 aliphatic heterocycles. The average molecular weight is 264 g/mol. The first-order valence-corrected chi connectivity index (χ1v) is 7.65. The summed E-state index contributed by atoms with van der Waals surface area (Å²) in [4.78, 5) is 5.09. The Balaban J connectivity index is 2.06. The van der Waals surface area contributed by atoms with Crippen molar-refractivity contribution in [3.05, 3.63) is 0 Å². The Kier molecular flexibility index (Phi) is 4.83. The minimum atomic E-state index is -0.291. The zero-order valence-electron chi connectivity index (χ0n) is 12.7. The van der Waals surface area contributed by atoms with E-state index in [1.165, 1.54) is 25.9 Å². The Hall–Kier alpha value is -0.630. The van der Waals surface area contributed by atoms with Crippen molar-refractivity contribution in [1.29, 1.82) is 5.26 Å². The third-order valence-electron chi connectivity index (χ3n) is 4.98. The summed E-state index contributed by atoms with van der Waals surface area (Å²) in [5.41, 5.74) is -0.291. The van der Waals surface area contributed by atoms with Gasteiger partial charge in [0.1, 0.15) is 5.54 Å². The van der Waals surface area contributed by atoms with E-state index >= 15 is 0 Å². The first-order valence-electron chi connectivity index (χ1n) is 7.65. The van der Waals surface area contributed by atoms with E-state index < -0.39 is 0 Å². The first-order chi connectivity index (χ1) is 9.10. The molecule has 3 atom stereocenters. The van der Waals surface area contributed by atoms with Crippen LogP contribution in [0.4, 0.5) is 0 Å². The Morgan fingerprint density at radius 1 is 1.32 bits per heavy atom. The Bertz CT molecular complexity index is 338. The SMILES string of the molecule is CNC1(C#N)CCCC(N2CCCN(C)CC2C)C1. The van der Waals surface area contributed by atoms with Crippen LogP contribution in [0.25, 0.3) is 0 Å². The monoisotopic (exact) mass is 264 g/mol. The molecule has 0 aromatic heterocycles. The molecule has 4 heteroatoms. The van der Waals surface area contributed by atoms with E-state index in [4.69, 9.17) is 0 Å². The van der Waals surface area contributed by atoms with Crippen molar-refractivity contribution >= 4 is 0 Å². The lowest BCUT2D eigenvalue weighted by Crippen LogP contribution is -2.54. The molecule has 19 heavy (non-hydrogen) atoms. The van der Waals surface area contributed by atoms with Gasteiger partial charge in [0.25, 0.3) is 0 Å². The van der Waals surface area contributed by atoms with E-state index in [2.05, 4.69) is 35.2 Å². The van der Waals surface area contributed by atoms with Crippen molar-refractivity contribution in [3.8, 4) is 6.07 Å². The molecule has 108 valence electrons. The van der Waals surface area contributed by atoms with Gasteiger partial charge in [-0.05, 0) is 66.2 Å².